The average molecular weight is 573 g/mol. The smallest absolute Gasteiger partial charge is 0.344 e. The molecule has 1 aliphatic rings. The van der Waals surface area contributed by atoms with Crippen molar-refractivity contribution in [2.24, 2.45) is 0 Å². The number of aromatic nitrogens is 6. The molecule has 1 aromatic carbocycles. The first-order chi connectivity index (χ1) is 19.4. The maximum absolute atomic E-state index is 14.9. The van der Waals surface area contributed by atoms with Crippen LogP contribution in [-0.4, -0.2) is 63.0 Å². The Morgan fingerprint density at radius 1 is 1.02 bits per heavy atom. The summed E-state index contributed by atoms with van der Waals surface area (Å²) in [6, 6.07) is 3.94. The van der Waals surface area contributed by atoms with Gasteiger partial charge in [0, 0.05) is 49.2 Å². The standard InChI is InChI=1S/C17H18F2N4O3S.C4H4N2O.C4H4N2/c1-5-22-15-9(7-20-16(21-15)27-4)8-23(17(22)24)14-12(18)10(25-2)6-11(26-3)13(14)19;7-4-5-2-1-3-6-4;1-2-5-4-6-3-1/h6-7H,5,8H2,1-4H3;1-3H,(H,5,6,7);1-4H. The van der Waals surface area contributed by atoms with Gasteiger partial charge in [-0.25, -0.2) is 43.3 Å². The van der Waals surface area contributed by atoms with Gasteiger partial charge in [-0.2, -0.15) is 0 Å². The predicted molar refractivity (Wildman–Crippen MR) is 145 cm³/mol. The van der Waals surface area contributed by atoms with E-state index in [4.69, 9.17) is 9.47 Å². The van der Waals surface area contributed by atoms with E-state index in [1.165, 1.54) is 49.6 Å². The highest BCUT2D eigenvalue weighted by Gasteiger charge is 2.37. The minimum Gasteiger partial charge on any atom is -0.493 e. The quantitative estimate of drug-likeness (QED) is 0.278. The number of aromatic amines is 1. The molecule has 2 amide bonds. The Balaban J connectivity index is 0.000000275. The van der Waals surface area contributed by atoms with Crippen LogP contribution in [0.25, 0.3) is 0 Å². The average Bonchev–Trinajstić information content (AvgIpc) is 2.99. The summed E-state index contributed by atoms with van der Waals surface area (Å²) < 4.78 is 39.7. The summed E-state index contributed by atoms with van der Waals surface area (Å²) in [5.74, 6) is -1.97. The lowest BCUT2D eigenvalue weighted by Gasteiger charge is -2.36. The second-order valence-electron chi connectivity index (χ2n) is 7.57. The van der Waals surface area contributed by atoms with Crippen LogP contribution in [0.3, 0.4) is 0 Å². The Morgan fingerprint density at radius 3 is 2.12 bits per heavy atom. The van der Waals surface area contributed by atoms with E-state index in [2.05, 4.69) is 29.9 Å². The van der Waals surface area contributed by atoms with Gasteiger partial charge in [0.05, 0.1) is 20.8 Å². The third-order valence-electron chi connectivity index (χ3n) is 5.24. The summed E-state index contributed by atoms with van der Waals surface area (Å²) >= 11 is 1.34. The first-order valence-electron chi connectivity index (χ1n) is 11.6. The van der Waals surface area contributed by atoms with Crippen molar-refractivity contribution >= 4 is 29.3 Å². The predicted octanol–water partition coefficient (Wildman–Crippen LogP) is 3.71. The van der Waals surface area contributed by atoms with Crippen molar-refractivity contribution in [1.29, 1.82) is 0 Å². The topological polar surface area (TPSA) is 139 Å². The molecule has 0 bridgehead atoms. The fraction of sp³-hybridized carbons (Fsp3) is 0.240. The molecule has 0 radical (unpaired) electrons. The molecule has 1 aliphatic heterocycles. The molecular weight excluding hydrogens is 546 g/mol. The number of benzene rings is 1. The van der Waals surface area contributed by atoms with Gasteiger partial charge in [0.25, 0.3) is 0 Å². The molecule has 0 atom stereocenters. The Kier molecular flexibility index (Phi) is 10.8. The van der Waals surface area contributed by atoms with Crippen molar-refractivity contribution in [3.05, 3.63) is 83.2 Å². The van der Waals surface area contributed by atoms with Gasteiger partial charge in [-0.15, -0.1) is 0 Å². The molecular formula is C25H26F2N8O4S. The maximum atomic E-state index is 14.9. The molecule has 40 heavy (non-hydrogen) atoms. The van der Waals surface area contributed by atoms with Crippen LogP contribution in [0.2, 0.25) is 0 Å². The van der Waals surface area contributed by atoms with Gasteiger partial charge in [0.15, 0.2) is 28.3 Å². The number of methoxy groups -OCH3 is 2. The Labute approximate surface area is 232 Å². The van der Waals surface area contributed by atoms with Crippen LogP contribution in [0.4, 0.5) is 25.1 Å². The van der Waals surface area contributed by atoms with E-state index in [1.807, 2.05) is 6.26 Å². The largest absolute Gasteiger partial charge is 0.493 e. The molecule has 4 heterocycles. The summed E-state index contributed by atoms with van der Waals surface area (Å²) in [4.78, 5) is 47.1. The van der Waals surface area contributed by atoms with Crippen molar-refractivity contribution in [1.82, 2.24) is 29.9 Å². The summed E-state index contributed by atoms with van der Waals surface area (Å²) in [5.41, 5.74) is -0.258. The zero-order chi connectivity index (χ0) is 29.1. The summed E-state index contributed by atoms with van der Waals surface area (Å²) in [6.45, 7) is 1.95. The van der Waals surface area contributed by atoms with Crippen LogP contribution in [0.5, 0.6) is 11.5 Å². The molecule has 0 unspecified atom stereocenters. The van der Waals surface area contributed by atoms with Gasteiger partial charge in [-0.3, -0.25) is 9.80 Å². The monoisotopic (exact) mass is 572 g/mol. The highest BCUT2D eigenvalue weighted by atomic mass is 32.2. The highest BCUT2D eigenvalue weighted by Crippen LogP contribution is 2.40. The van der Waals surface area contributed by atoms with Crippen LogP contribution in [-0.2, 0) is 6.54 Å². The lowest BCUT2D eigenvalue weighted by Crippen LogP contribution is -2.48. The van der Waals surface area contributed by atoms with Crippen LogP contribution in [0, 0.1) is 11.6 Å². The molecule has 12 nitrogen and oxygen atoms in total. The van der Waals surface area contributed by atoms with Crippen molar-refractivity contribution < 1.29 is 23.0 Å². The van der Waals surface area contributed by atoms with Gasteiger partial charge in [0.1, 0.15) is 17.8 Å². The van der Waals surface area contributed by atoms with Crippen molar-refractivity contribution in [2.45, 2.75) is 18.6 Å². The van der Waals surface area contributed by atoms with Crippen molar-refractivity contribution in [3.63, 3.8) is 0 Å². The fourth-order valence-corrected chi connectivity index (χ4v) is 3.77. The number of carbonyl (C=O) groups excluding carboxylic acids is 1. The van der Waals surface area contributed by atoms with Crippen LogP contribution in [0.15, 0.2) is 65.5 Å². The second-order valence-corrected chi connectivity index (χ2v) is 8.34. The third kappa shape index (κ3) is 7.05. The van der Waals surface area contributed by atoms with Crippen LogP contribution >= 0.6 is 11.8 Å². The summed E-state index contributed by atoms with van der Waals surface area (Å²) in [7, 11) is 2.51. The number of fused-ring (bicyclic) bond motifs is 1. The van der Waals surface area contributed by atoms with Gasteiger partial charge < -0.3 is 14.5 Å². The van der Waals surface area contributed by atoms with E-state index in [-0.39, 0.29) is 30.3 Å². The number of rotatable bonds is 5. The number of urea groups is 1. The third-order valence-corrected chi connectivity index (χ3v) is 5.81. The summed E-state index contributed by atoms with van der Waals surface area (Å²) in [6.07, 6.45) is 11.2. The first kappa shape index (κ1) is 29.9. The van der Waals surface area contributed by atoms with E-state index < -0.39 is 23.4 Å². The zero-order valence-electron chi connectivity index (χ0n) is 22.0. The lowest BCUT2D eigenvalue weighted by molar-refractivity contribution is 0.249. The van der Waals surface area contributed by atoms with E-state index in [0.717, 1.165) is 11.0 Å². The number of hydrogen-bond donors (Lipinski definition) is 1. The SMILES string of the molecule is CCN1C(=O)N(c2c(F)c(OC)cc(OC)c2F)Cc2cnc(SC)nc21.O=c1nccc[nH]1.c1cncnc1. The minimum atomic E-state index is -0.981. The van der Waals surface area contributed by atoms with Gasteiger partial charge in [-0.1, -0.05) is 11.8 Å². The maximum Gasteiger partial charge on any atom is 0.344 e. The normalized spacial score (nSPS) is 11.9. The minimum absolute atomic E-state index is 0.0799. The van der Waals surface area contributed by atoms with E-state index in [9.17, 15) is 18.4 Å². The van der Waals surface area contributed by atoms with E-state index >= 15 is 0 Å². The summed E-state index contributed by atoms with van der Waals surface area (Å²) in [5, 5.41) is 0.508. The molecule has 1 N–H and O–H groups in total. The molecule has 0 saturated heterocycles. The molecule has 0 aliphatic carbocycles. The van der Waals surface area contributed by atoms with Gasteiger partial charge in [-0.05, 0) is 25.3 Å². The molecule has 15 heteroatoms. The molecule has 0 fully saturated rings. The molecule has 5 rings (SSSR count). The van der Waals surface area contributed by atoms with Crippen LogP contribution < -0.4 is 25.0 Å². The number of ether oxygens (including phenoxy) is 2. The van der Waals surface area contributed by atoms with Gasteiger partial charge >= 0.3 is 11.7 Å². The molecule has 210 valence electrons. The number of hydrogen-bond acceptors (Lipinski definition) is 10. The Morgan fingerprint density at radius 2 is 1.70 bits per heavy atom. The zero-order valence-corrected chi connectivity index (χ0v) is 22.9. The van der Waals surface area contributed by atoms with Crippen molar-refractivity contribution in [2.75, 3.05) is 36.8 Å². The van der Waals surface area contributed by atoms with Crippen LogP contribution in [0.1, 0.15) is 12.5 Å². The number of nitrogens with zero attached hydrogens (tertiary/aromatic N) is 7. The molecule has 3 aromatic heterocycles. The molecule has 0 spiro atoms. The van der Waals surface area contributed by atoms with E-state index in [1.54, 1.807) is 37.6 Å². The highest BCUT2D eigenvalue weighted by molar-refractivity contribution is 7.98. The Bertz CT molecular complexity index is 1410. The fourth-order valence-electron chi connectivity index (χ4n) is 3.43. The second kappa shape index (κ2) is 14.5. The number of thioether (sulfide) groups is 1. The number of H-pyrrole nitrogens is 1. The number of amides is 2. The first-order valence-corrected chi connectivity index (χ1v) is 12.9. The number of nitrogens with one attached hydrogen (secondary N) is 1. The number of carbonyl (C=O) groups is 1. The van der Waals surface area contributed by atoms with Crippen molar-refractivity contribution in [3.8, 4) is 11.5 Å². The molecule has 0 saturated carbocycles. The number of halogens is 2. The van der Waals surface area contributed by atoms with E-state index in [0.29, 0.717) is 16.5 Å². The number of anilines is 2. The molecule has 4 aromatic rings. The Hall–Kier alpha value is -4.66. The lowest BCUT2D eigenvalue weighted by atomic mass is 10.1. The van der Waals surface area contributed by atoms with Gasteiger partial charge in [0.2, 0.25) is 0 Å².